The Bertz CT molecular complexity index is 2800. The number of para-hydroxylation sites is 1. The Morgan fingerprint density at radius 1 is 0.380 bits per heavy atom. The van der Waals surface area contributed by atoms with Gasteiger partial charge in [-0.15, -0.1) is 11.3 Å². The zero-order valence-corrected chi connectivity index (χ0v) is 27.7. The van der Waals surface area contributed by atoms with Crippen LogP contribution in [-0.4, -0.2) is 19.5 Å². The molecular weight excluding hydrogens is 629 g/mol. The largest absolute Gasteiger partial charge is 0.309 e. The second kappa shape index (κ2) is 11.6. The van der Waals surface area contributed by atoms with Gasteiger partial charge in [-0.3, -0.25) is 0 Å². The zero-order valence-electron chi connectivity index (χ0n) is 26.9. The highest BCUT2D eigenvalue weighted by atomic mass is 32.1. The van der Waals surface area contributed by atoms with Gasteiger partial charge in [0.15, 0.2) is 17.5 Å². The summed E-state index contributed by atoms with van der Waals surface area (Å²) >= 11 is 1.88. The minimum absolute atomic E-state index is 0.647. The molecule has 0 bridgehead atoms. The number of hydrogen-bond acceptors (Lipinski definition) is 4. The van der Waals surface area contributed by atoms with Gasteiger partial charge in [0.25, 0.3) is 0 Å². The van der Waals surface area contributed by atoms with E-state index in [1.165, 1.54) is 42.0 Å². The smallest absolute Gasteiger partial charge is 0.164 e. The minimum Gasteiger partial charge on any atom is -0.309 e. The fraction of sp³-hybridized carbons (Fsp3) is 0. The molecule has 4 nitrogen and oxygen atoms in total. The number of nitrogens with zero attached hydrogens (tertiary/aromatic N) is 4. The van der Waals surface area contributed by atoms with Crippen LogP contribution in [0.25, 0.3) is 93.0 Å². The molecule has 0 saturated heterocycles. The molecule has 0 fully saturated rings. The summed E-state index contributed by atoms with van der Waals surface area (Å²) in [6, 6.07) is 59.6. The lowest BCUT2D eigenvalue weighted by molar-refractivity contribution is 1.07. The third kappa shape index (κ3) is 4.71. The first kappa shape index (κ1) is 28.6. The molecule has 0 aliphatic rings. The SMILES string of the molecule is c1ccc(-c2nc(-c3ccccc3)nc(-c3cccc(-c4ccc5c(c4)c4c6sc7ccccc7c6ccc4n5-c4ccccc4)c3)n2)cc1. The molecule has 0 saturated carbocycles. The number of benzene rings is 7. The lowest BCUT2D eigenvalue weighted by Crippen LogP contribution is -2.00. The van der Waals surface area contributed by atoms with Gasteiger partial charge in [0, 0.05) is 53.3 Å². The zero-order chi connectivity index (χ0) is 33.0. The van der Waals surface area contributed by atoms with Crippen LogP contribution < -0.4 is 0 Å². The number of aromatic nitrogens is 4. The molecule has 0 atom stereocenters. The van der Waals surface area contributed by atoms with Crippen molar-refractivity contribution in [1.82, 2.24) is 19.5 Å². The van der Waals surface area contributed by atoms with Crippen LogP contribution in [0.15, 0.2) is 170 Å². The van der Waals surface area contributed by atoms with Crippen molar-refractivity contribution < 1.29 is 0 Å². The van der Waals surface area contributed by atoms with Gasteiger partial charge in [-0.1, -0.05) is 127 Å². The minimum atomic E-state index is 0.647. The fourth-order valence-corrected chi connectivity index (χ4v) is 8.36. The summed E-state index contributed by atoms with van der Waals surface area (Å²) in [5.74, 6) is 1.96. The highest BCUT2D eigenvalue weighted by Gasteiger charge is 2.19. The Balaban J connectivity index is 1.17. The first-order valence-electron chi connectivity index (χ1n) is 16.7. The van der Waals surface area contributed by atoms with E-state index in [4.69, 9.17) is 15.0 Å². The van der Waals surface area contributed by atoms with Gasteiger partial charge >= 0.3 is 0 Å². The van der Waals surface area contributed by atoms with Crippen LogP contribution in [0.5, 0.6) is 0 Å². The third-order valence-electron chi connectivity index (χ3n) is 9.44. The monoisotopic (exact) mass is 656 g/mol. The second-order valence-corrected chi connectivity index (χ2v) is 13.5. The summed E-state index contributed by atoms with van der Waals surface area (Å²) in [5, 5.41) is 5.14. The molecule has 10 rings (SSSR count). The van der Waals surface area contributed by atoms with Crippen molar-refractivity contribution in [2.75, 3.05) is 0 Å². The molecule has 0 aliphatic carbocycles. The molecule has 0 amide bonds. The van der Waals surface area contributed by atoms with Crippen LogP contribution in [0.4, 0.5) is 0 Å². The molecular formula is C45H28N4S. The van der Waals surface area contributed by atoms with Gasteiger partial charge in [0.1, 0.15) is 0 Å². The van der Waals surface area contributed by atoms with E-state index in [-0.39, 0.29) is 0 Å². The average molecular weight is 657 g/mol. The lowest BCUT2D eigenvalue weighted by atomic mass is 10.00. The van der Waals surface area contributed by atoms with Crippen molar-refractivity contribution in [2.24, 2.45) is 0 Å². The number of rotatable bonds is 5. The maximum Gasteiger partial charge on any atom is 0.164 e. The van der Waals surface area contributed by atoms with Crippen molar-refractivity contribution in [3.05, 3.63) is 170 Å². The molecule has 10 aromatic rings. The molecule has 3 aromatic heterocycles. The van der Waals surface area contributed by atoms with Gasteiger partial charge < -0.3 is 4.57 Å². The second-order valence-electron chi connectivity index (χ2n) is 12.5. The summed E-state index contributed by atoms with van der Waals surface area (Å²) in [5.41, 5.74) is 8.66. The highest BCUT2D eigenvalue weighted by Crippen LogP contribution is 2.44. The first-order chi connectivity index (χ1) is 24.8. The molecule has 0 aliphatic heterocycles. The first-order valence-corrected chi connectivity index (χ1v) is 17.5. The van der Waals surface area contributed by atoms with E-state index in [0.717, 1.165) is 33.5 Å². The van der Waals surface area contributed by atoms with Crippen LogP contribution in [0.2, 0.25) is 0 Å². The van der Waals surface area contributed by atoms with Gasteiger partial charge in [0.2, 0.25) is 0 Å². The van der Waals surface area contributed by atoms with Gasteiger partial charge in [0.05, 0.1) is 11.0 Å². The molecule has 50 heavy (non-hydrogen) atoms. The van der Waals surface area contributed by atoms with E-state index in [2.05, 4.69) is 114 Å². The molecule has 0 spiro atoms. The van der Waals surface area contributed by atoms with Gasteiger partial charge in [-0.05, 0) is 53.6 Å². The van der Waals surface area contributed by atoms with Crippen molar-refractivity contribution in [1.29, 1.82) is 0 Å². The van der Waals surface area contributed by atoms with Gasteiger partial charge in [-0.25, -0.2) is 15.0 Å². The Morgan fingerprint density at radius 2 is 0.940 bits per heavy atom. The topological polar surface area (TPSA) is 43.6 Å². The Morgan fingerprint density at radius 3 is 1.66 bits per heavy atom. The van der Waals surface area contributed by atoms with Crippen molar-refractivity contribution >= 4 is 53.3 Å². The fourth-order valence-electron chi connectivity index (χ4n) is 7.10. The highest BCUT2D eigenvalue weighted by molar-refractivity contribution is 7.26. The molecule has 0 unspecified atom stereocenters. The number of hydrogen-bond donors (Lipinski definition) is 0. The molecule has 0 radical (unpaired) electrons. The quantitative estimate of drug-likeness (QED) is 0.185. The third-order valence-corrected chi connectivity index (χ3v) is 10.6. The Labute approximate surface area is 292 Å². The average Bonchev–Trinajstić information content (AvgIpc) is 3.74. The van der Waals surface area contributed by atoms with Crippen LogP contribution in [0, 0.1) is 0 Å². The van der Waals surface area contributed by atoms with Crippen LogP contribution in [-0.2, 0) is 0 Å². The van der Waals surface area contributed by atoms with Crippen LogP contribution >= 0.6 is 11.3 Å². The van der Waals surface area contributed by atoms with E-state index in [1.54, 1.807) is 0 Å². The molecule has 3 heterocycles. The predicted octanol–water partition coefficient (Wildman–Crippen LogP) is 12.0. The summed E-state index contributed by atoms with van der Waals surface area (Å²) in [6.07, 6.45) is 0. The normalized spacial score (nSPS) is 11.6. The van der Waals surface area contributed by atoms with E-state index >= 15 is 0 Å². The predicted molar refractivity (Wildman–Crippen MR) is 209 cm³/mol. The number of fused-ring (bicyclic) bond motifs is 7. The molecule has 234 valence electrons. The maximum absolute atomic E-state index is 4.99. The van der Waals surface area contributed by atoms with E-state index in [0.29, 0.717) is 17.5 Å². The number of thiophene rings is 1. The molecule has 7 aromatic carbocycles. The van der Waals surface area contributed by atoms with Crippen LogP contribution in [0.1, 0.15) is 0 Å². The van der Waals surface area contributed by atoms with E-state index in [9.17, 15) is 0 Å². The van der Waals surface area contributed by atoms with E-state index < -0.39 is 0 Å². The summed E-state index contributed by atoms with van der Waals surface area (Å²) in [4.78, 5) is 14.9. The van der Waals surface area contributed by atoms with Crippen LogP contribution in [0.3, 0.4) is 0 Å². The van der Waals surface area contributed by atoms with Crippen molar-refractivity contribution in [3.8, 4) is 51.0 Å². The lowest BCUT2D eigenvalue weighted by Gasteiger charge is -2.10. The van der Waals surface area contributed by atoms with Gasteiger partial charge in [-0.2, -0.15) is 0 Å². The molecule has 0 N–H and O–H groups in total. The maximum atomic E-state index is 4.99. The summed E-state index contributed by atoms with van der Waals surface area (Å²) in [6.45, 7) is 0. The van der Waals surface area contributed by atoms with E-state index in [1.807, 2.05) is 72.0 Å². The van der Waals surface area contributed by atoms with Crippen molar-refractivity contribution in [3.63, 3.8) is 0 Å². The Hall–Kier alpha value is -6.43. The standard InChI is InChI=1S/C45H28N4S/c1-4-13-29(14-5-1)43-46-44(30-15-6-2-7-16-30)48-45(47-43)33-18-12-17-31(27-33)32-23-25-38-37(28-32)41-39(49(38)34-19-8-3-9-20-34)26-24-36-35-21-10-11-22-40(35)50-42(36)41/h1-28H. The summed E-state index contributed by atoms with van der Waals surface area (Å²) in [7, 11) is 0. The molecule has 5 heteroatoms. The summed E-state index contributed by atoms with van der Waals surface area (Å²) < 4.78 is 5.03. The van der Waals surface area contributed by atoms with Crippen molar-refractivity contribution in [2.45, 2.75) is 0 Å². The Kier molecular flexibility index (Phi) is 6.64.